The van der Waals surface area contributed by atoms with Gasteiger partial charge in [0.15, 0.2) is 5.65 Å². The highest BCUT2D eigenvalue weighted by atomic mass is 19.1. The van der Waals surface area contributed by atoms with Gasteiger partial charge in [0.1, 0.15) is 23.1 Å². The van der Waals surface area contributed by atoms with E-state index >= 15 is 0 Å². The van der Waals surface area contributed by atoms with Gasteiger partial charge in [0, 0.05) is 19.6 Å². The topological polar surface area (TPSA) is 79.0 Å². The molecule has 3 aromatic heterocycles. The maximum atomic E-state index is 13.9. The monoisotopic (exact) mass is 474 g/mol. The number of pyridine rings is 1. The van der Waals surface area contributed by atoms with E-state index in [1.54, 1.807) is 18.3 Å². The van der Waals surface area contributed by atoms with E-state index in [1.807, 2.05) is 40.9 Å². The minimum absolute atomic E-state index is 0.132. The number of rotatable bonds is 4. The van der Waals surface area contributed by atoms with E-state index in [1.165, 1.54) is 6.07 Å². The molecule has 2 aliphatic rings. The highest BCUT2D eigenvalue weighted by Gasteiger charge is 2.27. The first-order chi connectivity index (χ1) is 17.2. The van der Waals surface area contributed by atoms with Crippen molar-refractivity contribution in [3.8, 4) is 11.4 Å². The number of benzene rings is 1. The molecular weight excluding hydrogens is 447 g/mol. The average molecular weight is 475 g/mol. The van der Waals surface area contributed by atoms with Gasteiger partial charge in [0.25, 0.3) is 0 Å². The Morgan fingerprint density at radius 1 is 0.971 bits per heavy atom. The fourth-order valence-electron chi connectivity index (χ4n) is 4.90. The zero-order chi connectivity index (χ0) is 23.8. The summed E-state index contributed by atoms with van der Waals surface area (Å²) in [6.07, 6.45) is 3.06. The highest BCUT2D eigenvalue weighted by Crippen LogP contribution is 2.30. The van der Waals surface area contributed by atoms with Gasteiger partial charge in [0.2, 0.25) is 0 Å². The van der Waals surface area contributed by atoms with Crippen LogP contribution in [0, 0.1) is 5.82 Å². The zero-order valence-corrected chi connectivity index (χ0v) is 19.3. The van der Waals surface area contributed by atoms with Crippen molar-refractivity contribution in [3.63, 3.8) is 0 Å². The molecule has 8 nitrogen and oxygen atoms in total. The number of fused-ring (bicyclic) bond motifs is 1. The van der Waals surface area contributed by atoms with Crippen molar-refractivity contribution in [2.24, 2.45) is 0 Å². The Hall–Kier alpha value is -3.56. The van der Waals surface area contributed by atoms with Crippen molar-refractivity contribution < 1.29 is 14.2 Å². The van der Waals surface area contributed by atoms with Gasteiger partial charge >= 0.3 is 0 Å². The van der Waals surface area contributed by atoms with Crippen molar-refractivity contribution in [1.29, 1.82) is 0 Å². The van der Waals surface area contributed by atoms with Crippen LogP contribution in [0.25, 0.3) is 17.0 Å². The molecule has 9 heteroatoms. The lowest BCUT2D eigenvalue weighted by molar-refractivity contribution is 0.0935. The number of piperidine rings is 1. The molecule has 0 saturated carbocycles. The summed E-state index contributed by atoms with van der Waals surface area (Å²) in [5, 5.41) is 14.8. The smallest absolute Gasteiger partial charge is 0.154 e. The number of aliphatic hydroxyl groups is 1. The molecule has 5 heterocycles. The maximum Gasteiger partial charge on any atom is 0.154 e. The summed E-state index contributed by atoms with van der Waals surface area (Å²) < 4.78 is 21.5. The second-order valence-electron chi connectivity index (χ2n) is 9.04. The lowest BCUT2D eigenvalue weighted by Crippen LogP contribution is -2.40. The molecule has 0 amide bonds. The number of nitrogens with zero attached hydrogens (tertiary/aromatic N) is 6. The minimum atomic E-state index is -0.262. The number of aromatic nitrogens is 4. The van der Waals surface area contributed by atoms with Crippen LogP contribution in [0.15, 0.2) is 60.8 Å². The molecule has 1 N–H and O–H groups in total. The van der Waals surface area contributed by atoms with Crippen LogP contribution in [0.5, 0.6) is 0 Å². The first-order valence-electron chi connectivity index (χ1n) is 12.0. The van der Waals surface area contributed by atoms with E-state index in [4.69, 9.17) is 14.8 Å². The standard InChI is InChI=1S/C26H27FN6O2/c27-19-4-1-3-18(15-19)23-17-35-14-13-32(23)26-8-7-24-28-16-22(33(24)30-26)21-5-2-6-25(29-21)31-11-9-20(34)10-12-31/h1-8,15-16,20,23,34H,9-14,17H2/t23-/m0/s1. The molecule has 0 spiro atoms. The van der Waals surface area contributed by atoms with Gasteiger partial charge in [-0.2, -0.15) is 0 Å². The quantitative estimate of drug-likeness (QED) is 0.485. The molecule has 6 rings (SSSR count). The number of imidazole rings is 1. The molecule has 0 unspecified atom stereocenters. The van der Waals surface area contributed by atoms with E-state index < -0.39 is 0 Å². The van der Waals surface area contributed by atoms with Gasteiger partial charge in [-0.15, -0.1) is 5.10 Å². The van der Waals surface area contributed by atoms with Crippen LogP contribution in [0.2, 0.25) is 0 Å². The Labute approximate surface area is 202 Å². The molecule has 1 atom stereocenters. The summed E-state index contributed by atoms with van der Waals surface area (Å²) >= 11 is 0. The van der Waals surface area contributed by atoms with Gasteiger partial charge in [0.05, 0.1) is 37.3 Å². The minimum Gasteiger partial charge on any atom is -0.393 e. The van der Waals surface area contributed by atoms with Crippen molar-refractivity contribution in [3.05, 3.63) is 72.2 Å². The van der Waals surface area contributed by atoms with E-state index in [2.05, 4.69) is 14.8 Å². The fourth-order valence-corrected chi connectivity index (χ4v) is 4.90. The molecule has 2 aliphatic heterocycles. The van der Waals surface area contributed by atoms with Gasteiger partial charge in [-0.05, 0) is 54.8 Å². The second-order valence-corrected chi connectivity index (χ2v) is 9.04. The van der Waals surface area contributed by atoms with Crippen LogP contribution in [0.4, 0.5) is 16.0 Å². The predicted octanol–water partition coefficient (Wildman–Crippen LogP) is 3.47. The number of anilines is 2. The third-order valence-electron chi connectivity index (χ3n) is 6.79. The normalized spacial score (nSPS) is 19.4. The van der Waals surface area contributed by atoms with Crippen molar-refractivity contribution >= 4 is 17.3 Å². The average Bonchev–Trinajstić information content (AvgIpc) is 3.33. The summed E-state index contributed by atoms with van der Waals surface area (Å²) in [6.45, 7) is 3.26. The Balaban J connectivity index is 1.34. The molecule has 0 aliphatic carbocycles. The van der Waals surface area contributed by atoms with Crippen molar-refractivity contribution in [1.82, 2.24) is 19.6 Å². The fraction of sp³-hybridized carbons (Fsp3) is 0.346. The lowest BCUT2D eigenvalue weighted by Gasteiger charge is -2.36. The Morgan fingerprint density at radius 3 is 2.69 bits per heavy atom. The van der Waals surface area contributed by atoms with Crippen LogP contribution in [0.1, 0.15) is 24.4 Å². The Morgan fingerprint density at radius 2 is 1.83 bits per heavy atom. The summed E-state index contributed by atoms with van der Waals surface area (Å²) in [7, 11) is 0. The molecule has 35 heavy (non-hydrogen) atoms. The van der Waals surface area contributed by atoms with E-state index in [-0.39, 0.29) is 18.0 Å². The molecule has 0 bridgehead atoms. The summed E-state index contributed by atoms with van der Waals surface area (Å²) in [6, 6.07) is 16.4. The Bertz CT molecular complexity index is 1340. The van der Waals surface area contributed by atoms with Gasteiger partial charge in [-0.1, -0.05) is 18.2 Å². The first kappa shape index (κ1) is 21.9. The van der Waals surface area contributed by atoms with Gasteiger partial charge in [-0.3, -0.25) is 0 Å². The summed E-state index contributed by atoms with van der Waals surface area (Å²) in [5.41, 5.74) is 3.18. The first-order valence-corrected chi connectivity index (χ1v) is 12.0. The number of aliphatic hydroxyl groups excluding tert-OH is 1. The predicted molar refractivity (Wildman–Crippen MR) is 131 cm³/mol. The van der Waals surface area contributed by atoms with Crippen molar-refractivity contribution in [2.75, 3.05) is 42.6 Å². The highest BCUT2D eigenvalue weighted by molar-refractivity contribution is 5.62. The van der Waals surface area contributed by atoms with Crippen LogP contribution < -0.4 is 9.80 Å². The van der Waals surface area contributed by atoms with E-state index in [9.17, 15) is 9.50 Å². The molecule has 2 fully saturated rings. The third-order valence-corrected chi connectivity index (χ3v) is 6.79. The molecule has 2 saturated heterocycles. The lowest BCUT2D eigenvalue weighted by atomic mass is 10.0. The van der Waals surface area contributed by atoms with E-state index in [0.29, 0.717) is 19.8 Å². The molecule has 4 aromatic rings. The van der Waals surface area contributed by atoms with Crippen LogP contribution in [-0.4, -0.2) is 63.6 Å². The number of hydrogen-bond donors (Lipinski definition) is 1. The largest absolute Gasteiger partial charge is 0.393 e. The maximum absolute atomic E-state index is 13.9. The number of ether oxygens (including phenoxy) is 1. The number of morpholine rings is 1. The molecular formula is C26H27FN6O2. The summed E-state index contributed by atoms with van der Waals surface area (Å²) in [5.74, 6) is 1.40. The van der Waals surface area contributed by atoms with Crippen LogP contribution >= 0.6 is 0 Å². The Kier molecular flexibility index (Phi) is 5.79. The van der Waals surface area contributed by atoms with Gasteiger partial charge in [-0.25, -0.2) is 18.9 Å². The molecule has 0 radical (unpaired) electrons. The third kappa shape index (κ3) is 4.33. The molecule has 180 valence electrons. The number of hydrogen-bond acceptors (Lipinski definition) is 7. The van der Waals surface area contributed by atoms with Gasteiger partial charge < -0.3 is 19.6 Å². The SMILES string of the molecule is OC1CCN(c2cccc(-c3cnc4ccc(N5CCOC[C@H]5c5cccc(F)c5)nn34)n2)CC1. The van der Waals surface area contributed by atoms with E-state index in [0.717, 1.165) is 60.2 Å². The number of halogens is 1. The second kappa shape index (κ2) is 9.24. The summed E-state index contributed by atoms with van der Waals surface area (Å²) in [4.78, 5) is 13.8. The molecule has 1 aromatic carbocycles. The van der Waals surface area contributed by atoms with Crippen LogP contribution in [0.3, 0.4) is 0 Å². The van der Waals surface area contributed by atoms with Crippen molar-refractivity contribution in [2.45, 2.75) is 25.0 Å². The zero-order valence-electron chi connectivity index (χ0n) is 19.3. The van der Waals surface area contributed by atoms with Crippen LogP contribution in [-0.2, 0) is 4.74 Å².